The molecular formula is C26H31N3O3. The third-order valence-electron chi connectivity index (χ3n) is 7.42. The van der Waals surface area contributed by atoms with Gasteiger partial charge in [0.05, 0.1) is 11.0 Å². The van der Waals surface area contributed by atoms with Crippen molar-refractivity contribution in [1.29, 1.82) is 0 Å². The highest BCUT2D eigenvalue weighted by Crippen LogP contribution is 2.36. The predicted molar refractivity (Wildman–Crippen MR) is 125 cm³/mol. The molecule has 0 atom stereocenters. The number of rotatable bonds is 5. The van der Waals surface area contributed by atoms with Crippen LogP contribution in [0.3, 0.4) is 0 Å². The smallest absolute Gasteiger partial charge is 0.326 e. The maximum Gasteiger partial charge on any atom is 0.326 e. The van der Waals surface area contributed by atoms with E-state index >= 15 is 0 Å². The molecule has 1 saturated heterocycles. The molecule has 6 heteroatoms. The second-order valence-electron chi connectivity index (χ2n) is 9.36. The molecule has 5 rings (SSSR count). The highest BCUT2D eigenvalue weighted by molar-refractivity contribution is 5.97. The summed E-state index contributed by atoms with van der Waals surface area (Å²) in [6.45, 7) is 4.10. The highest BCUT2D eigenvalue weighted by Gasteiger charge is 2.36. The molecule has 0 bridgehead atoms. The minimum absolute atomic E-state index is 0.0785. The zero-order chi connectivity index (χ0) is 22.1. The Labute approximate surface area is 188 Å². The summed E-state index contributed by atoms with van der Waals surface area (Å²) in [5.74, 6) is -0.110. The molecule has 0 spiro atoms. The second kappa shape index (κ2) is 8.58. The van der Waals surface area contributed by atoms with Gasteiger partial charge in [0.1, 0.15) is 0 Å². The number of carbonyl (C=O) groups excluding carboxylic acids is 1. The molecule has 1 aliphatic heterocycles. The number of aryl methyl sites for hydroxylation is 1. The molecule has 1 aromatic heterocycles. The lowest BCUT2D eigenvalue weighted by Crippen LogP contribution is -2.45. The zero-order valence-corrected chi connectivity index (χ0v) is 18.7. The summed E-state index contributed by atoms with van der Waals surface area (Å²) in [5, 5.41) is 3.18. The van der Waals surface area contributed by atoms with E-state index in [2.05, 4.69) is 41.5 Å². The number of carbonyl (C=O) groups is 1. The van der Waals surface area contributed by atoms with E-state index in [1.807, 2.05) is 22.8 Å². The number of benzene rings is 2. The van der Waals surface area contributed by atoms with Crippen LogP contribution >= 0.6 is 0 Å². The van der Waals surface area contributed by atoms with Crippen molar-refractivity contribution in [1.82, 2.24) is 14.9 Å². The van der Waals surface area contributed by atoms with Gasteiger partial charge in [0.15, 0.2) is 0 Å². The molecule has 2 aliphatic rings. The van der Waals surface area contributed by atoms with Crippen LogP contribution in [0.5, 0.6) is 0 Å². The van der Waals surface area contributed by atoms with Crippen molar-refractivity contribution in [3.8, 4) is 0 Å². The number of aromatic nitrogens is 2. The Morgan fingerprint density at radius 1 is 1.16 bits per heavy atom. The number of aromatic amines is 1. The lowest BCUT2D eigenvalue weighted by atomic mass is 9.72. The molecule has 3 aromatic rings. The lowest BCUT2D eigenvalue weighted by Gasteiger charge is -2.39. The number of H-pyrrole nitrogens is 1. The molecule has 1 amide bonds. The van der Waals surface area contributed by atoms with Crippen LogP contribution in [0.1, 0.15) is 66.1 Å². The summed E-state index contributed by atoms with van der Waals surface area (Å²) >= 11 is 0. The first-order valence-corrected chi connectivity index (χ1v) is 11.7. The number of ether oxygens (including phenoxy) is 1. The number of amides is 1. The minimum Gasteiger partial charge on any atom is -0.381 e. The molecular weight excluding hydrogens is 402 g/mol. The van der Waals surface area contributed by atoms with Gasteiger partial charge in [0.2, 0.25) is 0 Å². The number of fused-ring (bicyclic) bond motifs is 1. The van der Waals surface area contributed by atoms with Crippen molar-refractivity contribution in [3.05, 3.63) is 69.6 Å². The third-order valence-corrected chi connectivity index (χ3v) is 7.42. The predicted octanol–water partition coefficient (Wildman–Crippen LogP) is 4.23. The van der Waals surface area contributed by atoms with Gasteiger partial charge < -0.3 is 15.0 Å². The average molecular weight is 434 g/mol. The van der Waals surface area contributed by atoms with Gasteiger partial charge in [0.25, 0.3) is 5.91 Å². The first-order chi connectivity index (χ1) is 15.6. The Hall–Kier alpha value is -2.86. The largest absolute Gasteiger partial charge is 0.381 e. The SMILES string of the molecule is Cc1ccccc1C1(CNC(=O)c2ccc3c(c2)[nH]c(=O)n3C2CCCC2)CCOCC1. The van der Waals surface area contributed by atoms with Gasteiger partial charge in [0, 0.05) is 36.8 Å². The standard InChI is InChI=1S/C26H31N3O3/c1-18-6-2-5-9-21(18)26(12-14-32-15-13-26)17-27-24(30)19-10-11-23-22(16-19)28-25(31)29(23)20-7-3-4-8-20/h2,5-6,9-11,16,20H,3-4,7-8,12-15,17H2,1H3,(H,27,30)(H,28,31). The zero-order valence-electron chi connectivity index (χ0n) is 18.7. The van der Waals surface area contributed by atoms with Crippen LogP contribution in [0.15, 0.2) is 47.3 Å². The first kappa shape index (κ1) is 21.0. The van der Waals surface area contributed by atoms with Gasteiger partial charge in [-0.1, -0.05) is 37.1 Å². The van der Waals surface area contributed by atoms with Crippen molar-refractivity contribution in [2.24, 2.45) is 0 Å². The minimum atomic E-state index is -0.122. The molecule has 1 saturated carbocycles. The summed E-state index contributed by atoms with van der Waals surface area (Å²) in [6.07, 6.45) is 6.18. The van der Waals surface area contributed by atoms with E-state index in [1.165, 1.54) is 11.1 Å². The van der Waals surface area contributed by atoms with E-state index in [4.69, 9.17) is 4.74 Å². The van der Waals surface area contributed by atoms with Crippen molar-refractivity contribution >= 4 is 16.9 Å². The molecule has 2 N–H and O–H groups in total. The molecule has 0 unspecified atom stereocenters. The molecule has 6 nitrogen and oxygen atoms in total. The van der Waals surface area contributed by atoms with Crippen molar-refractivity contribution in [2.75, 3.05) is 19.8 Å². The molecule has 2 aromatic carbocycles. The van der Waals surface area contributed by atoms with Crippen LogP contribution in [-0.2, 0) is 10.2 Å². The second-order valence-corrected chi connectivity index (χ2v) is 9.36. The van der Waals surface area contributed by atoms with Crippen LogP contribution in [0.25, 0.3) is 11.0 Å². The van der Waals surface area contributed by atoms with Gasteiger partial charge in [-0.2, -0.15) is 0 Å². The molecule has 2 fully saturated rings. The topological polar surface area (TPSA) is 76.1 Å². The van der Waals surface area contributed by atoms with Crippen LogP contribution in [-0.4, -0.2) is 35.2 Å². The fraction of sp³-hybridized carbons (Fsp3) is 0.462. The Morgan fingerprint density at radius 3 is 2.66 bits per heavy atom. The van der Waals surface area contributed by atoms with E-state index in [9.17, 15) is 9.59 Å². The lowest BCUT2D eigenvalue weighted by molar-refractivity contribution is 0.0485. The molecule has 2 heterocycles. The van der Waals surface area contributed by atoms with E-state index in [0.717, 1.165) is 49.6 Å². The van der Waals surface area contributed by atoms with Gasteiger partial charge in [-0.05, 0) is 61.9 Å². The van der Waals surface area contributed by atoms with E-state index in [0.29, 0.717) is 25.3 Å². The highest BCUT2D eigenvalue weighted by atomic mass is 16.5. The Bertz CT molecular complexity index is 1180. The molecule has 32 heavy (non-hydrogen) atoms. The summed E-state index contributed by atoms with van der Waals surface area (Å²) in [4.78, 5) is 28.6. The van der Waals surface area contributed by atoms with Gasteiger partial charge in [-0.15, -0.1) is 0 Å². The summed E-state index contributed by atoms with van der Waals surface area (Å²) in [7, 11) is 0. The number of nitrogens with one attached hydrogen (secondary N) is 2. The third kappa shape index (κ3) is 3.77. The van der Waals surface area contributed by atoms with E-state index in [1.54, 1.807) is 0 Å². The number of imidazole rings is 1. The number of nitrogens with zero attached hydrogens (tertiary/aromatic N) is 1. The first-order valence-electron chi connectivity index (χ1n) is 11.7. The van der Waals surface area contributed by atoms with Crippen LogP contribution in [0.2, 0.25) is 0 Å². The van der Waals surface area contributed by atoms with Crippen molar-refractivity contribution in [3.63, 3.8) is 0 Å². The number of hydrogen-bond acceptors (Lipinski definition) is 3. The maximum absolute atomic E-state index is 13.1. The summed E-state index contributed by atoms with van der Waals surface area (Å²) < 4.78 is 7.51. The molecule has 168 valence electrons. The monoisotopic (exact) mass is 433 g/mol. The normalized spacial score (nSPS) is 18.8. The van der Waals surface area contributed by atoms with Crippen LogP contribution < -0.4 is 11.0 Å². The van der Waals surface area contributed by atoms with E-state index < -0.39 is 0 Å². The Kier molecular flexibility index (Phi) is 5.64. The summed E-state index contributed by atoms with van der Waals surface area (Å²) in [6, 6.07) is 14.2. The fourth-order valence-electron chi connectivity index (χ4n) is 5.62. The average Bonchev–Trinajstić information content (AvgIpc) is 3.44. The Balaban J connectivity index is 1.38. The van der Waals surface area contributed by atoms with Gasteiger partial charge in [-0.3, -0.25) is 9.36 Å². The van der Waals surface area contributed by atoms with Crippen LogP contribution in [0, 0.1) is 6.92 Å². The molecule has 1 aliphatic carbocycles. The summed E-state index contributed by atoms with van der Waals surface area (Å²) in [5.41, 5.74) is 4.53. The van der Waals surface area contributed by atoms with Gasteiger partial charge in [-0.25, -0.2) is 4.79 Å². The quantitative estimate of drug-likeness (QED) is 0.632. The van der Waals surface area contributed by atoms with Gasteiger partial charge >= 0.3 is 5.69 Å². The maximum atomic E-state index is 13.1. The van der Waals surface area contributed by atoms with E-state index in [-0.39, 0.29) is 23.1 Å². The molecule has 0 radical (unpaired) electrons. The van der Waals surface area contributed by atoms with Crippen molar-refractivity contribution < 1.29 is 9.53 Å². The Morgan fingerprint density at radius 2 is 1.91 bits per heavy atom. The fourth-order valence-corrected chi connectivity index (χ4v) is 5.62. The number of hydrogen-bond donors (Lipinski definition) is 2. The van der Waals surface area contributed by atoms with Crippen LogP contribution in [0.4, 0.5) is 0 Å². The van der Waals surface area contributed by atoms with Crippen molar-refractivity contribution in [2.45, 2.75) is 56.9 Å².